The van der Waals surface area contributed by atoms with Crippen molar-refractivity contribution in [2.24, 2.45) is 0 Å². The fraction of sp³-hybridized carbons (Fsp3) is 0.455. The van der Waals surface area contributed by atoms with Gasteiger partial charge in [0, 0.05) is 12.0 Å². The Hall–Kier alpha value is -0.710. The van der Waals surface area contributed by atoms with Gasteiger partial charge in [-0.25, -0.2) is 9.97 Å². The second kappa shape index (κ2) is 4.28. The Morgan fingerprint density at radius 1 is 1.44 bits per heavy atom. The van der Waals surface area contributed by atoms with Crippen LogP contribution in [0.5, 0.6) is 0 Å². The third-order valence-corrected chi connectivity index (χ3v) is 3.42. The summed E-state index contributed by atoms with van der Waals surface area (Å²) in [5.74, 6) is 0.634. The Kier molecular flexibility index (Phi) is 3.15. The van der Waals surface area contributed by atoms with E-state index in [9.17, 15) is 0 Å². The van der Waals surface area contributed by atoms with Gasteiger partial charge in [0.2, 0.25) is 0 Å². The lowest BCUT2D eigenvalue weighted by Crippen LogP contribution is -2.24. The zero-order valence-electron chi connectivity index (χ0n) is 9.45. The van der Waals surface area contributed by atoms with Crippen LogP contribution in [-0.4, -0.2) is 16.6 Å². The fourth-order valence-electron chi connectivity index (χ4n) is 1.51. The van der Waals surface area contributed by atoms with Gasteiger partial charge in [-0.15, -0.1) is 11.3 Å². The highest BCUT2D eigenvalue weighted by molar-refractivity contribution is 7.16. The molecule has 16 heavy (non-hydrogen) atoms. The quantitative estimate of drug-likeness (QED) is 0.787. The van der Waals surface area contributed by atoms with Crippen LogP contribution in [-0.2, 0) is 10.3 Å². The highest BCUT2D eigenvalue weighted by Gasteiger charge is 2.25. The number of nitrogens with zero attached hydrogens (tertiary/aromatic N) is 2. The molecule has 0 amide bonds. The maximum Gasteiger partial charge on any atom is 0.162 e. The van der Waals surface area contributed by atoms with Crippen molar-refractivity contribution < 1.29 is 4.74 Å². The summed E-state index contributed by atoms with van der Waals surface area (Å²) in [6.45, 7) is 6.46. The van der Waals surface area contributed by atoms with Crippen LogP contribution in [0.15, 0.2) is 11.4 Å². The van der Waals surface area contributed by atoms with Crippen molar-refractivity contribution in [3.8, 4) is 0 Å². The van der Waals surface area contributed by atoms with Gasteiger partial charge in [-0.3, -0.25) is 0 Å². The predicted octanol–water partition coefficient (Wildman–Crippen LogP) is 3.62. The molecule has 0 aliphatic heterocycles. The molecule has 5 heteroatoms. The van der Waals surface area contributed by atoms with Crippen LogP contribution in [0.25, 0.3) is 10.2 Å². The topological polar surface area (TPSA) is 35.0 Å². The highest BCUT2D eigenvalue weighted by atomic mass is 35.5. The molecule has 0 aromatic carbocycles. The van der Waals surface area contributed by atoms with Crippen molar-refractivity contribution in [2.45, 2.75) is 26.4 Å². The molecular formula is C11H13ClN2OS. The largest absolute Gasteiger partial charge is 0.368 e. The third kappa shape index (κ3) is 2.05. The van der Waals surface area contributed by atoms with Crippen molar-refractivity contribution in [2.75, 3.05) is 6.61 Å². The van der Waals surface area contributed by atoms with Gasteiger partial charge in [-0.2, -0.15) is 0 Å². The first-order chi connectivity index (χ1) is 7.54. The summed E-state index contributed by atoms with van der Waals surface area (Å²) < 4.78 is 5.62. The summed E-state index contributed by atoms with van der Waals surface area (Å²) in [6, 6.07) is 1.93. The maximum atomic E-state index is 6.11. The van der Waals surface area contributed by atoms with Crippen molar-refractivity contribution in [1.82, 2.24) is 9.97 Å². The molecule has 0 bridgehead atoms. The Bertz CT molecular complexity index is 510. The second-order valence-electron chi connectivity index (χ2n) is 3.92. The van der Waals surface area contributed by atoms with E-state index in [-0.39, 0.29) is 0 Å². The molecule has 0 saturated carbocycles. The smallest absolute Gasteiger partial charge is 0.162 e. The van der Waals surface area contributed by atoms with Gasteiger partial charge in [-0.05, 0) is 32.2 Å². The average Bonchev–Trinajstić information content (AvgIpc) is 2.65. The highest BCUT2D eigenvalue weighted by Crippen LogP contribution is 2.29. The van der Waals surface area contributed by atoms with Gasteiger partial charge in [0.25, 0.3) is 0 Å². The Balaban J connectivity index is 2.53. The van der Waals surface area contributed by atoms with Gasteiger partial charge in [0.1, 0.15) is 15.6 Å². The molecule has 3 nitrogen and oxygen atoms in total. The van der Waals surface area contributed by atoms with Gasteiger partial charge in [0.05, 0.1) is 0 Å². The molecule has 0 aliphatic carbocycles. The SMILES string of the molecule is CCOC(C)(C)c1nc(Cl)c2ccsc2n1. The number of hydrogen-bond acceptors (Lipinski definition) is 4. The lowest BCUT2D eigenvalue weighted by Gasteiger charge is -2.22. The monoisotopic (exact) mass is 256 g/mol. The summed E-state index contributed by atoms with van der Waals surface area (Å²) >= 11 is 7.67. The first-order valence-electron chi connectivity index (χ1n) is 5.10. The number of aromatic nitrogens is 2. The van der Waals surface area contributed by atoms with Crippen LogP contribution in [0.4, 0.5) is 0 Å². The minimum absolute atomic E-state index is 0.494. The molecular weight excluding hydrogens is 244 g/mol. The van der Waals surface area contributed by atoms with Crippen LogP contribution >= 0.6 is 22.9 Å². The molecule has 0 atom stereocenters. The number of ether oxygens (including phenoxy) is 1. The molecule has 0 N–H and O–H groups in total. The van der Waals surface area contributed by atoms with E-state index in [1.165, 1.54) is 0 Å². The number of thiophene rings is 1. The van der Waals surface area contributed by atoms with Gasteiger partial charge < -0.3 is 4.74 Å². The normalized spacial score (nSPS) is 12.2. The van der Waals surface area contributed by atoms with E-state index < -0.39 is 5.60 Å². The van der Waals surface area contributed by atoms with Crippen molar-refractivity contribution in [1.29, 1.82) is 0 Å². The molecule has 0 radical (unpaired) electrons. The lowest BCUT2D eigenvalue weighted by atomic mass is 10.1. The van der Waals surface area contributed by atoms with E-state index in [1.54, 1.807) is 11.3 Å². The second-order valence-corrected chi connectivity index (χ2v) is 5.17. The minimum Gasteiger partial charge on any atom is -0.368 e. The van der Waals surface area contributed by atoms with Crippen LogP contribution < -0.4 is 0 Å². The minimum atomic E-state index is -0.503. The number of fused-ring (bicyclic) bond motifs is 1. The lowest BCUT2D eigenvalue weighted by molar-refractivity contribution is -0.0205. The summed E-state index contributed by atoms with van der Waals surface area (Å²) in [4.78, 5) is 9.69. The predicted molar refractivity (Wildman–Crippen MR) is 67.1 cm³/mol. The van der Waals surface area contributed by atoms with E-state index in [2.05, 4.69) is 9.97 Å². The van der Waals surface area contributed by atoms with Crippen molar-refractivity contribution >= 4 is 33.2 Å². The average molecular weight is 257 g/mol. The Labute approximate surface area is 103 Å². The van der Waals surface area contributed by atoms with Gasteiger partial charge in [0.15, 0.2) is 5.82 Å². The molecule has 0 unspecified atom stereocenters. The molecule has 2 heterocycles. The maximum absolute atomic E-state index is 6.11. The van der Waals surface area contributed by atoms with Crippen molar-refractivity contribution in [3.63, 3.8) is 0 Å². The van der Waals surface area contributed by atoms with Gasteiger partial charge in [-0.1, -0.05) is 11.6 Å². The number of hydrogen-bond donors (Lipinski definition) is 0. The van der Waals surface area contributed by atoms with E-state index >= 15 is 0 Å². The van der Waals surface area contributed by atoms with Crippen LogP contribution in [0.3, 0.4) is 0 Å². The molecule has 86 valence electrons. The molecule has 2 rings (SSSR count). The Morgan fingerprint density at radius 3 is 2.88 bits per heavy atom. The summed E-state index contributed by atoms with van der Waals surface area (Å²) in [6.07, 6.45) is 0. The summed E-state index contributed by atoms with van der Waals surface area (Å²) in [5.41, 5.74) is -0.503. The standard InChI is InChI=1S/C11H13ClN2OS/c1-4-15-11(2,3)10-13-8(12)7-5-6-16-9(7)14-10/h5-6H,4H2,1-3H3. The first-order valence-corrected chi connectivity index (χ1v) is 6.35. The van der Waals surface area contributed by atoms with Crippen LogP contribution in [0.2, 0.25) is 5.15 Å². The number of halogens is 1. The van der Waals surface area contributed by atoms with Crippen LogP contribution in [0, 0.1) is 0 Å². The van der Waals surface area contributed by atoms with Crippen LogP contribution in [0.1, 0.15) is 26.6 Å². The van der Waals surface area contributed by atoms with E-state index in [0.717, 1.165) is 10.2 Å². The first kappa shape index (κ1) is 11.8. The van der Waals surface area contributed by atoms with E-state index in [1.807, 2.05) is 32.2 Å². The Morgan fingerprint density at radius 2 is 2.19 bits per heavy atom. The zero-order valence-corrected chi connectivity index (χ0v) is 11.0. The molecule has 2 aromatic heterocycles. The molecule has 0 saturated heterocycles. The van der Waals surface area contributed by atoms with E-state index in [4.69, 9.17) is 16.3 Å². The molecule has 0 aliphatic rings. The molecule has 2 aromatic rings. The fourth-order valence-corrected chi connectivity index (χ4v) is 2.57. The molecule has 0 fully saturated rings. The number of rotatable bonds is 3. The van der Waals surface area contributed by atoms with E-state index in [0.29, 0.717) is 17.6 Å². The molecule has 0 spiro atoms. The zero-order chi connectivity index (χ0) is 11.8. The van der Waals surface area contributed by atoms with Crippen molar-refractivity contribution in [3.05, 3.63) is 22.4 Å². The summed E-state index contributed by atoms with van der Waals surface area (Å²) in [5, 5.41) is 3.36. The third-order valence-electron chi connectivity index (χ3n) is 2.32. The summed E-state index contributed by atoms with van der Waals surface area (Å²) in [7, 11) is 0. The van der Waals surface area contributed by atoms with Gasteiger partial charge >= 0.3 is 0 Å².